The van der Waals surface area contributed by atoms with Gasteiger partial charge in [-0.3, -0.25) is 19.2 Å². The molecule has 0 fully saturated rings. The van der Waals surface area contributed by atoms with Crippen molar-refractivity contribution in [2.24, 2.45) is 0 Å². The van der Waals surface area contributed by atoms with Crippen LogP contribution in [0.4, 0.5) is 5.69 Å². The van der Waals surface area contributed by atoms with Crippen LogP contribution >= 0.6 is 0 Å². The van der Waals surface area contributed by atoms with E-state index in [2.05, 4.69) is 5.32 Å². The maximum Gasteiger partial charge on any atom is 0.305 e. The maximum atomic E-state index is 12.4. The Hall–Kier alpha value is -2.96. The van der Waals surface area contributed by atoms with E-state index in [0.717, 1.165) is 0 Å². The molecule has 0 bridgehead atoms. The van der Waals surface area contributed by atoms with E-state index in [1.807, 2.05) is 6.92 Å². The molecule has 0 unspecified atom stereocenters. The predicted octanol–water partition coefficient (Wildman–Crippen LogP) is 2.49. The number of carbonyl (C=O) groups is 4. The number of rotatable bonds is 9. The van der Waals surface area contributed by atoms with Crippen LogP contribution in [0.15, 0.2) is 35.9 Å². The van der Waals surface area contributed by atoms with Crippen LogP contribution in [0.2, 0.25) is 0 Å². The molecule has 0 aliphatic rings. The van der Waals surface area contributed by atoms with Crippen LogP contribution in [0.5, 0.6) is 0 Å². The molecule has 0 atom stereocenters. The van der Waals surface area contributed by atoms with Crippen molar-refractivity contribution in [1.29, 1.82) is 0 Å². The molecule has 7 nitrogen and oxygen atoms in total. The Morgan fingerprint density at radius 2 is 1.69 bits per heavy atom. The van der Waals surface area contributed by atoms with Crippen molar-refractivity contribution in [1.82, 2.24) is 4.90 Å². The minimum Gasteiger partial charge on any atom is -0.481 e. The van der Waals surface area contributed by atoms with Gasteiger partial charge in [0.05, 0.1) is 6.42 Å². The second-order valence-electron chi connectivity index (χ2n) is 5.89. The molecule has 0 spiro atoms. The van der Waals surface area contributed by atoms with Gasteiger partial charge in [-0.05, 0) is 44.5 Å². The van der Waals surface area contributed by atoms with Crippen molar-refractivity contribution in [2.45, 2.75) is 33.6 Å². The summed E-state index contributed by atoms with van der Waals surface area (Å²) in [6.45, 7) is 5.38. The van der Waals surface area contributed by atoms with Gasteiger partial charge < -0.3 is 15.3 Å². The minimum atomic E-state index is -0.979. The fourth-order valence-corrected chi connectivity index (χ4v) is 2.29. The normalized spacial score (nSPS) is 11.0. The molecule has 1 aromatic carbocycles. The smallest absolute Gasteiger partial charge is 0.305 e. The Morgan fingerprint density at radius 3 is 2.19 bits per heavy atom. The first-order chi connectivity index (χ1) is 12.2. The topological polar surface area (TPSA) is 104 Å². The Kier molecular flexibility index (Phi) is 8.21. The van der Waals surface area contributed by atoms with E-state index in [1.54, 1.807) is 24.3 Å². The Morgan fingerprint density at radius 1 is 1.08 bits per heavy atom. The number of Topliss-reactive ketones (excluding diaryl/α,β-unsaturated/α-hetero) is 1. The van der Waals surface area contributed by atoms with Crippen LogP contribution < -0.4 is 5.32 Å². The monoisotopic (exact) mass is 360 g/mol. The minimum absolute atomic E-state index is 0.0680. The van der Waals surface area contributed by atoms with Crippen LogP contribution in [0, 0.1) is 0 Å². The van der Waals surface area contributed by atoms with E-state index < -0.39 is 11.9 Å². The zero-order chi connectivity index (χ0) is 19.7. The summed E-state index contributed by atoms with van der Waals surface area (Å²) in [6, 6.07) is 6.43. The average Bonchev–Trinajstić information content (AvgIpc) is 2.58. The molecule has 1 rings (SSSR count). The highest BCUT2D eigenvalue weighted by Crippen LogP contribution is 2.11. The molecule has 0 heterocycles. The summed E-state index contributed by atoms with van der Waals surface area (Å²) in [4.78, 5) is 47.8. The molecule has 0 radical (unpaired) electrons. The van der Waals surface area contributed by atoms with E-state index in [4.69, 9.17) is 5.11 Å². The van der Waals surface area contributed by atoms with Crippen molar-refractivity contribution in [3.63, 3.8) is 0 Å². The van der Waals surface area contributed by atoms with Gasteiger partial charge in [0.2, 0.25) is 11.8 Å². The fourth-order valence-electron chi connectivity index (χ4n) is 2.29. The first-order valence-corrected chi connectivity index (χ1v) is 8.36. The summed E-state index contributed by atoms with van der Waals surface area (Å²) in [5.74, 6) is -1.88. The number of anilines is 1. The molecule has 0 saturated heterocycles. The van der Waals surface area contributed by atoms with E-state index in [0.29, 0.717) is 24.2 Å². The van der Waals surface area contributed by atoms with Crippen molar-refractivity contribution < 1.29 is 24.3 Å². The number of carboxylic acid groups (broad SMARTS) is 1. The predicted molar refractivity (Wildman–Crippen MR) is 98.0 cm³/mol. The SMILES string of the molecule is CCCN(CCC(=O)O)C(=O)/C(C)=C/C(=O)Nc1ccc(C(C)=O)cc1. The zero-order valence-electron chi connectivity index (χ0n) is 15.2. The molecule has 0 aliphatic heterocycles. The lowest BCUT2D eigenvalue weighted by molar-refractivity contribution is -0.138. The van der Waals surface area contributed by atoms with Crippen molar-refractivity contribution in [2.75, 3.05) is 18.4 Å². The van der Waals surface area contributed by atoms with Crippen LogP contribution in [-0.2, 0) is 14.4 Å². The first kappa shape index (κ1) is 21.1. The second kappa shape index (κ2) is 10.1. The Labute approximate surface area is 152 Å². The van der Waals surface area contributed by atoms with Gasteiger partial charge in [0, 0.05) is 36.0 Å². The third kappa shape index (κ3) is 6.88. The van der Waals surface area contributed by atoms with Crippen molar-refractivity contribution >= 4 is 29.3 Å². The lowest BCUT2D eigenvalue weighted by Crippen LogP contribution is -2.34. The molecule has 2 N–H and O–H groups in total. The van der Waals surface area contributed by atoms with Crippen LogP contribution in [0.3, 0.4) is 0 Å². The van der Waals surface area contributed by atoms with Gasteiger partial charge >= 0.3 is 5.97 Å². The largest absolute Gasteiger partial charge is 0.481 e. The molecule has 0 saturated carbocycles. The summed E-state index contributed by atoms with van der Waals surface area (Å²) in [7, 11) is 0. The number of benzene rings is 1. The first-order valence-electron chi connectivity index (χ1n) is 8.36. The summed E-state index contributed by atoms with van der Waals surface area (Å²) in [5.41, 5.74) is 1.27. The number of hydrogen-bond acceptors (Lipinski definition) is 4. The molecular weight excluding hydrogens is 336 g/mol. The Bertz CT molecular complexity index is 707. The maximum absolute atomic E-state index is 12.4. The van der Waals surface area contributed by atoms with Crippen LogP contribution in [-0.4, -0.2) is 46.7 Å². The number of nitrogens with one attached hydrogen (secondary N) is 1. The van der Waals surface area contributed by atoms with Gasteiger partial charge in [-0.15, -0.1) is 0 Å². The van der Waals surface area contributed by atoms with Crippen molar-refractivity contribution in [3.8, 4) is 0 Å². The highest BCUT2D eigenvalue weighted by atomic mass is 16.4. The van der Waals surface area contributed by atoms with Gasteiger partial charge in [-0.1, -0.05) is 6.92 Å². The van der Waals surface area contributed by atoms with Crippen molar-refractivity contribution in [3.05, 3.63) is 41.5 Å². The highest BCUT2D eigenvalue weighted by Gasteiger charge is 2.16. The number of ketones is 1. The molecular formula is C19H24N2O5. The fraction of sp³-hybridized carbons (Fsp3) is 0.368. The highest BCUT2D eigenvalue weighted by molar-refractivity contribution is 6.06. The summed E-state index contributed by atoms with van der Waals surface area (Å²) in [6.07, 6.45) is 1.73. The van der Waals surface area contributed by atoms with Gasteiger partial charge in [-0.25, -0.2) is 0 Å². The van der Waals surface area contributed by atoms with E-state index in [1.165, 1.54) is 24.8 Å². The average molecular weight is 360 g/mol. The van der Waals surface area contributed by atoms with E-state index in [9.17, 15) is 19.2 Å². The number of amides is 2. The zero-order valence-corrected chi connectivity index (χ0v) is 15.2. The number of carbonyl (C=O) groups excluding carboxylic acids is 3. The third-order valence-corrected chi connectivity index (χ3v) is 3.62. The molecule has 26 heavy (non-hydrogen) atoms. The third-order valence-electron chi connectivity index (χ3n) is 3.62. The summed E-state index contributed by atoms with van der Waals surface area (Å²) < 4.78 is 0. The molecule has 140 valence electrons. The molecule has 0 aliphatic carbocycles. The van der Waals surface area contributed by atoms with Gasteiger partial charge in [0.1, 0.15) is 0 Å². The van der Waals surface area contributed by atoms with Gasteiger partial charge in [-0.2, -0.15) is 0 Å². The quantitative estimate of drug-likeness (QED) is 0.520. The second-order valence-corrected chi connectivity index (χ2v) is 5.89. The van der Waals surface area contributed by atoms with Crippen LogP contribution in [0.1, 0.15) is 44.0 Å². The van der Waals surface area contributed by atoms with Crippen LogP contribution in [0.25, 0.3) is 0 Å². The number of hydrogen-bond donors (Lipinski definition) is 2. The molecule has 2 amide bonds. The number of nitrogens with zero attached hydrogens (tertiary/aromatic N) is 1. The van der Waals surface area contributed by atoms with E-state index >= 15 is 0 Å². The Balaban J connectivity index is 2.75. The number of aliphatic carboxylic acids is 1. The molecule has 7 heteroatoms. The summed E-state index contributed by atoms with van der Waals surface area (Å²) in [5, 5.41) is 11.4. The van der Waals surface area contributed by atoms with E-state index in [-0.39, 0.29) is 30.2 Å². The lowest BCUT2D eigenvalue weighted by atomic mass is 10.1. The molecule has 0 aromatic heterocycles. The number of carboxylic acids is 1. The van der Waals surface area contributed by atoms with Gasteiger partial charge in [0.15, 0.2) is 5.78 Å². The summed E-state index contributed by atoms with van der Waals surface area (Å²) >= 11 is 0. The standard InChI is InChI=1S/C19H24N2O5/c1-4-10-21(11-9-18(24)25)19(26)13(2)12-17(23)20-16-7-5-15(6-8-16)14(3)22/h5-8,12H,4,9-11H2,1-3H3,(H,20,23)(H,24,25)/b13-12+. The lowest BCUT2D eigenvalue weighted by Gasteiger charge is -2.21. The molecule has 1 aromatic rings. The van der Waals surface area contributed by atoms with Gasteiger partial charge in [0.25, 0.3) is 0 Å².